The number of thiocarbonyl (C=S) groups is 1. The first-order valence-electron chi connectivity index (χ1n) is 7.71. The van der Waals surface area contributed by atoms with Gasteiger partial charge in [0.05, 0.1) is 5.02 Å². The summed E-state index contributed by atoms with van der Waals surface area (Å²) in [6.45, 7) is 4.02. The van der Waals surface area contributed by atoms with Crippen LogP contribution in [0.1, 0.15) is 9.67 Å². The first kappa shape index (κ1) is 18.4. The second-order valence-electron chi connectivity index (χ2n) is 5.28. The molecule has 132 valence electrons. The van der Waals surface area contributed by atoms with E-state index in [1.807, 2.05) is 42.5 Å². The number of benzene rings is 2. The first-order chi connectivity index (χ1) is 12.6. The summed E-state index contributed by atoms with van der Waals surface area (Å²) < 4.78 is 6.43. The highest BCUT2D eigenvalue weighted by molar-refractivity contribution is 7.80. The van der Waals surface area contributed by atoms with E-state index in [2.05, 4.69) is 17.2 Å². The van der Waals surface area contributed by atoms with Crippen LogP contribution in [0.5, 0.6) is 5.75 Å². The van der Waals surface area contributed by atoms with Crippen molar-refractivity contribution in [1.82, 2.24) is 5.32 Å². The third-order valence-electron chi connectivity index (χ3n) is 3.43. The van der Waals surface area contributed by atoms with E-state index in [-0.39, 0.29) is 11.0 Å². The maximum Gasteiger partial charge on any atom is 0.269 e. The van der Waals surface area contributed by atoms with Crippen molar-refractivity contribution in [2.45, 2.75) is 0 Å². The van der Waals surface area contributed by atoms with E-state index in [0.29, 0.717) is 27.9 Å². The molecule has 2 N–H and O–H groups in total. The van der Waals surface area contributed by atoms with Gasteiger partial charge < -0.3 is 10.1 Å². The molecule has 1 heterocycles. The number of hydrogen-bond acceptors (Lipinski definition) is 4. The Morgan fingerprint density at radius 3 is 2.85 bits per heavy atom. The largest absolute Gasteiger partial charge is 0.489 e. The first-order valence-corrected chi connectivity index (χ1v) is 9.32. The zero-order valence-corrected chi connectivity index (χ0v) is 16.0. The van der Waals surface area contributed by atoms with Crippen molar-refractivity contribution < 1.29 is 9.53 Å². The van der Waals surface area contributed by atoms with Gasteiger partial charge in [-0.3, -0.25) is 10.1 Å². The number of carbonyl (C=O) groups excluding carboxylic acids is 1. The summed E-state index contributed by atoms with van der Waals surface area (Å²) in [4.78, 5) is 12.9. The number of nitrogens with one attached hydrogen (secondary N) is 2. The maximum absolute atomic E-state index is 12.5. The van der Waals surface area contributed by atoms with E-state index in [1.54, 1.807) is 12.1 Å². The van der Waals surface area contributed by atoms with Crippen molar-refractivity contribution in [3.63, 3.8) is 0 Å². The fourth-order valence-electron chi connectivity index (χ4n) is 2.30. The highest BCUT2D eigenvalue weighted by Gasteiger charge is 2.17. The highest BCUT2D eigenvalue weighted by Crippen LogP contribution is 2.34. The zero-order valence-electron chi connectivity index (χ0n) is 13.6. The van der Waals surface area contributed by atoms with Crippen LogP contribution in [0.25, 0.3) is 10.1 Å². The predicted octanol–water partition coefficient (Wildman–Crippen LogP) is 5.25. The Hall–Kier alpha value is -2.41. The molecule has 0 atom stereocenters. The SMILES string of the molecule is C=CCOc1cccc(NC(=S)NC(=O)c2sc3ccccc3c2Cl)c1. The molecule has 3 rings (SSSR count). The number of rotatable bonds is 5. The molecular formula is C19H15ClN2O2S2. The van der Waals surface area contributed by atoms with Gasteiger partial charge in [-0.25, -0.2) is 0 Å². The Kier molecular flexibility index (Phi) is 5.88. The molecule has 0 aliphatic rings. The highest BCUT2D eigenvalue weighted by atomic mass is 35.5. The summed E-state index contributed by atoms with van der Waals surface area (Å²) >= 11 is 12.9. The minimum atomic E-state index is -0.340. The fraction of sp³-hybridized carbons (Fsp3) is 0.0526. The van der Waals surface area contributed by atoms with Gasteiger partial charge in [-0.15, -0.1) is 11.3 Å². The molecule has 1 aromatic heterocycles. The Morgan fingerprint density at radius 1 is 1.27 bits per heavy atom. The molecule has 2 aromatic carbocycles. The van der Waals surface area contributed by atoms with E-state index in [9.17, 15) is 4.79 Å². The normalized spacial score (nSPS) is 10.3. The van der Waals surface area contributed by atoms with E-state index in [1.165, 1.54) is 11.3 Å². The molecule has 0 saturated heterocycles. The fourth-order valence-corrected chi connectivity index (χ4v) is 3.92. The quantitative estimate of drug-likeness (QED) is 0.452. The van der Waals surface area contributed by atoms with E-state index < -0.39 is 0 Å². The number of anilines is 1. The number of ether oxygens (including phenoxy) is 1. The molecule has 0 unspecified atom stereocenters. The minimum absolute atomic E-state index is 0.185. The van der Waals surface area contributed by atoms with Crippen LogP contribution in [0.3, 0.4) is 0 Å². The molecule has 7 heteroatoms. The van der Waals surface area contributed by atoms with Gasteiger partial charge in [-0.05, 0) is 30.4 Å². The number of hydrogen-bond donors (Lipinski definition) is 2. The van der Waals surface area contributed by atoms with Gasteiger partial charge in [0.1, 0.15) is 17.2 Å². The van der Waals surface area contributed by atoms with E-state index >= 15 is 0 Å². The van der Waals surface area contributed by atoms with Gasteiger partial charge in [0.15, 0.2) is 5.11 Å². The summed E-state index contributed by atoms with van der Waals surface area (Å²) in [7, 11) is 0. The Bertz CT molecular complexity index is 985. The molecule has 0 fully saturated rings. The van der Waals surface area contributed by atoms with Crippen LogP contribution in [-0.4, -0.2) is 17.6 Å². The second kappa shape index (κ2) is 8.31. The summed E-state index contributed by atoms with van der Waals surface area (Å²) in [6.07, 6.45) is 1.67. The van der Waals surface area contributed by atoms with Gasteiger partial charge in [-0.2, -0.15) is 0 Å². The molecule has 0 aliphatic heterocycles. The number of halogens is 1. The lowest BCUT2D eigenvalue weighted by molar-refractivity contribution is 0.0982. The molecule has 3 aromatic rings. The number of carbonyl (C=O) groups is 1. The third-order valence-corrected chi connectivity index (χ3v) is 5.31. The molecular weight excluding hydrogens is 388 g/mol. The summed E-state index contributed by atoms with van der Waals surface area (Å²) in [6, 6.07) is 14.9. The van der Waals surface area contributed by atoms with Crippen molar-refractivity contribution in [1.29, 1.82) is 0 Å². The molecule has 0 bridgehead atoms. The number of thiophene rings is 1. The van der Waals surface area contributed by atoms with Crippen LogP contribution in [0, 0.1) is 0 Å². The maximum atomic E-state index is 12.5. The molecule has 0 radical (unpaired) electrons. The van der Waals surface area contributed by atoms with Crippen LogP contribution in [0.4, 0.5) is 5.69 Å². The van der Waals surface area contributed by atoms with Crippen LogP contribution >= 0.6 is 35.2 Å². The van der Waals surface area contributed by atoms with Crippen molar-refractivity contribution in [3.8, 4) is 5.75 Å². The predicted molar refractivity (Wildman–Crippen MR) is 113 cm³/mol. The second-order valence-corrected chi connectivity index (χ2v) is 7.12. The topological polar surface area (TPSA) is 50.4 Å². The third kappa shape index (κ3) is 4.22. The van der Waals surface area contributed by atoms with Gasteiger partial charge in [0.25, 0.3) is 5.91 Å². The van der Waals surface area contributed by atoms with E-state index in [0.717, 1.165) is 10.1 Å². The molecule has 0 spiro atoms. The Labute approximate surface area is 165 Å². The van der Waals surface area contributed by atoms with Crippen LogP contribution in [0.15, 0.2) is 61.2 Å². The van der Waals surface area contributed by atoms with Gasteiger partial charge in [0, 0.05) is 21.8 Å². The Morgan fingerprint density at radius 2 is 2.08 bits per heavy atom. The van der Waals surface area contributed by atoms with Crippen LogP contribution < -0.4 is 15.4 Å². The molecule has 1 amide bonds. The lowest BCUT2D eigenvalue weighted by Crippen LogP contribution is -2.33. The number of fused-ring (bicyclic) bond motifs is 1. The lowest BCUT2D eigenvalue weighted by Gasteiger charge is -2.10. The standard InChI is InChI=1S/C19H15ClN2O2S2/c1-2-10-24-13-7-5-6-12(11-13)21-19(25)22-18(23)17-16(20)14-8-3-4-9-15(14)26-17/h2-9,11H,1,10H2,(H2,21,22,23,25). The monoisotopic (exact) mass is 402 g/mol. The van der Waals surface area contributed by atoms with Crippen LogP contribution in [-0.2, 0) is 0 Å². The van der Waals surface area contributed by atoms with Gasteiger partial charge in [-0.1, -0.05) is 48.5 Å². The van der Waals surface area contributed by atoms with Crippen LogP contribution in [0.2, 0.25) is 5.02 Å². The van der Waals surface area contributed by atoms with Crippen molar-refractivity contribution in [2.75, 3.05) is 11.9 Å². The Balaban J connectivity index is 1.68. The molecule has 0 aliphatic carbocycles. The summed E-state index contributed by atoms with van der Waals surface area (Å²) in [5.74, 6) is 0.337. The zero-order chi connectivity index (χ0) is 18.5. The smallest absolute Gasteiger partial charge is 0.269 e. The van der Waals surface area contributed by atoms with Gasteiger partial charge >= 0.3 is 0 Å². The molecule has 4 nitrogen and oxygen atoms in total. The van der Waals surface area contributed by atoms with E-state index in [4.69, 9.17) is 28.6 Å². The average Bonchev–Trinajstić information content (AvgIpc) is 2.97. The summed E-state index contributed by atoms with van der Waals surface area (Å²) in [5.41, 5.74) is 0.708. The lowest BCUT2D eigenvalue weighted by atomic mass is 10.2. The van der Waals surface area contributed by atoms with Crippen molar-refractivity contribution in [3.05, 3.63) is 71.1 Å². The molecule has 0 saturated carbocycles. The minimum Gasteiger partial charge on any atom is -0.489 e. The average molecular weight is 403 g/mol. The molecule has 26 heavy (non-hydrogen) atoms. The van der Waals surface area contributed by atoms with Gasteiger partial charge in [0.2, 0.25) is 0 Å². The van der Waals surface area contributed by atoms with Crippen molar-refractivity contribution >= 4 is 61.9 Å². The van der Waals surface area contributed by atoms with Crippen molar-refractivity contribution in [2.24, 2.45) is 0 Å². The number of amides is 1. The summed E-state index contributed by atoms with van der Waals surface area (Å²) in [5, 5.41) is 7.10.